The van der Waals surface area contributed by atoms with Crippen LogP contribution >= 0.6 is 0 Å². The van der Waals surface area contributed by atoms with Gasteiger partial charge in [0.1, 0.15) is 5.82 Å². The summed E-state index contributed by atoms with van der Waals surface area (Å²) < 4.78 is 14.9. The Labute approximate surface area is 231 Å². The molecule has 39 heavy (non-hydrogen) atoms. The molecule has 0 radical (unpaired) electrons. The molecular formula is C32H40FN5O. The fourth-order valence-electron chi connectivity index (χ4n) is 5.51. The van der Waals surface area contributed by atoms with Crippen molar-refractivity contribution in [2.75, 3.05) is 52.9 Å². The van der Waals surface area contributed by atoms with E-state index in [0.29, 0.717) is 23.7 Å². The smallest absolute Gasteiger partial charge is 0.251 e. The third kappa shape index (κ3) is 7.51. The number of carbonyl (C=O) groups excluding carboxylic acids is 1. The Morgan fingerprint density at radius 2 is 1.64 bits per heavy atom. The predicted molar refractivity (Wildman–Crippen MR) is 155 cm³/mol. The maximum absolute atomic E-state index is 14.9. The van der Waals surface area contributed by atoms with Gasteiger partial charge in [-0.1, -0.05) is 36.4 Å². The van der Waals surface area contributed by atoms with Crippen LogP contribution in [-0.2, 0) is 19.6 Å². The van der Waals surface area contributed by atoms with Gasteiger partial charge in [0.05, 0.1) is 0 Å². The lowest BCUT2D eigenvalue weighted by atomic mass is 10.00. The van der Waals surface area contributed by atoms with E-state index in [-0.39, 0.29) is 11.7 Å². The van der Waals surface area contributed by atoms with Crippen LogP contribution in [-0.4, -0.2) is 79.5 Å². The molecule has 1 amide bonds. The van der Waals surface area contributed by atoms with Gasteiger partial charge < -0.3 is 15.5 Å². The van der Waals surface area contributed by atoms with Crippen molar-refractivity contribution in [1.29, 1.82) is 0 Å². The van der Waals surface area contributed by atoms with Crippen molar-refractivity contribution in [3.63, 3.8) is 0 Å². The minimum Gasteiger partial charge on any atom is -0.348 e. The largest absolute Gasteiger partial charge is 0.348 e. The summed E-state index contributed by atoms with van der Waals surface area (Å²) in [5.41, 5.74) is 5.26. The van der Waals surface area contributed by atoms with Gasteiger partial charge in [-0.25, -0.2) is 4.39 Å². The van der Waals surface area contributed by atoms with E-state index in [0.717, 1.165) is 75.6 Å². The minimum atomic E-state index is -0.255. The van der Waals surface area contributed by atoms with Gasteiger partial charge in [-0.2, -0.15) is 0 Å². The van der Waals surface area contributed by atoms with E-state index in [1.807, 2.05) is 36.4 Å². The van der Waals surface area contributed by atoms with Crippen molar-refractivity contribution in [3.05, 3.63) is 94.8 Å². The molecule has 0 aromatic heterocycles. The highest BCUT2D eigenvalue weighted by molar-refractivity contribution is 5.94. The lowest BCUT2D eigenvalue weighted by Crippen LogP contribution is -2.48. The van der Waals surface area contributed by atoms with Crippen LogP contribution in [0.1, 0.15) is 34.0 Å². The average Bonchev–Trinajstić information content (AvgIpc) is 2.94. The molecule has 0 aliphatic carbocycles. The van der Waals surface area contributed by atoms with Crippen molar-refractivity contribution < 1.29 is 9.18 Å². The fraction of sp³-hybridized carbons (Fsp3) is 0.406. The van der Waals surface area contributed by atoms with E-state index >= 15 is 0 Å². The molecule has 5 rings (SSSR count). The molecule has 2 aliphatic heterocycles. The molecule has 0 unspecified atom stereocenters. The Balaban J connectivity index is 1.21. The maximum atomic E-state index is 14.9. The summed E-state index contributed by atoms with van der Waals surface area (Å²) in [6.07, 6.45) is 0. The van der Waals surface area contributed by atoms with Crippen LogP contribution in [0.15, 0.2) is 66.7 Å². The van der Waals surface area contributed by atoms with Crippen LogP contribution in [0.4, 0.5) is 4.39 Å². The molecular weight excluding hydrogens is 489 g/mol. The van der Waals surface area contributed by atoms with Crippen molar-refractivity contribution in [2.24, 2.45) is 0 Å². The Morgan fingerprint density at radius 1 is 0.897 bits per heavy atom. The second-order valence-corrected chi connectivity index (χ2v) is 11.1. The Hall–Kier alpha value is -3.10. The summed E-state index contributed by atoms with van der Waals surface area (Å²) in [7, 11) is 2.15. The van der Waals surface area contributed by atoms with Crippen LogP contribution < -0.4 is 10.6 Å². The van der Waals surface area contributed by atoms with E-state index in [4.69, 9.17) is 0 Å². The third-order valence-corrected chi connectivity index (χ3v) is 7.77. The van der Waals surface area contributed by atoms with E-state index < -0.39 is 0 Å². The van der Waals surface area contributed by atoms with Gasteiger partial charge in [-0.15, -0.1) is 0 Å². The average molecular weight is 530 g/mol. The number of likely N-dealkylation sites (N-methyl/N-ethyl adjacent to an activating group) is 1. The molecule has 6 nitrogen and oxygen atoms in total. The van der Waals surface area contributed by atoms with E-state index in [9.17, 15) is 9.18 Å². The van der Waals surface area contributed by atoms with Gasteiger partial charge in [-0.05, 0) is 66.6 Å². The molecule has 1 atom stereocenters. The Kier molecular flexibility index (Phi) is 9.04. The second kappa shape index (κ2) is 12.8. The molecule has 3 aromatic rings. The number of amides is 1. The first kappa shape index (κ1) is 27.5. The molecule has 2 N–H and O–H groups in total. The Bertz CT molecular complexity index is 1270. The van der Waals surface area contributed by atoms with Gasteiger partial charge in [-0.3, -0.25) is 14.6 Å². The standard InChI is InChI=1S/C32H40FN5O/c1-24-21-38(12-11-34-24)23-26-5-3-7-28(17-26)30-19-25(9-10-31(30)33)20-35-32(39)29-8-4-6-27(18-29)22-37-15-13-36(2)14-16-37/h3-10,17-19,24,34H,11-16,20-23H2,1-2H3,(H,35,39)/t24-/m0/s1. The highest BCUT2D eigenvalue weighted by Gasteiger charge is 2.17. The zero-order chi connectivity index (χ0) is 27.2. The molecule has 0 bridgehead atoms. The number of piperazine rings is 2. The quantitative estimate of drug-likeness (QED) is 0.463. The summed E-state index contributed by atoms with van der Waals surface area (Å²) in [6.45, 7) is 11.5. The summed E-state index contributed by atoms with van der Waals surface area (Å²) in [5, 5.41) is 6.50. The molecule has 7 heteroatoms. The Morgan fingerprint density at radius 3 is 2.44 bits per heavy atom. The number of rotatable bonds is 8. The lowest BCUT2D eigenvalue weighted by molar-refractivity contribution is 0.0950. The first-order valence-electron chi connectivity index (χ1n) is 14.0. The van der Waals surface area contributed by atoms with Crippen molar-refractivity contribution in [2.45, 2.75) is 32.6 Å². The SMILES string of the molecule is C[C@H]1CN(Cc2cccc(-c3cc(CNC(=O)c4cccc(CN5CCN(C)CC5)c4)ccc3F)c2)CCN1. The van der Waals surface area contributed by atoms with Gasteiger partial charge in [0.2, 0.25) is 0 Å². The van der Waals surface area contributed by atoms with Gasteiger partial charge in [0, 0.05) is 82.6 Å². The van der Waals surface area contributed by atoms with Crippen LogP contribution in [0, 0.1) is 5.82 Å². The molecule has 2 heterocycles. The number of halogens is 1. The maximum Gasteiger partial charge on any atom is 0.251 e. The van der Waals surface area contributed by atoms with Crippen molar-refractivity contribution in [1.82, 2.24) is 25.3 Å². The van der Waals surface area contributed by atoms with Crippen LogP contribution in [0.2, 0.25) is 0 Å². The lowest BCUT2D eigenvalue weighted by Gasteiger charge is -2.32. The second-order valence-electron chi connectivity index (χ2n) is 11.1. The minimum absolute atomic E-state index is 0.117. The van der Waals surface area contributed by atoms with E-state index in [1.54, 1.807) is 6.07 Å². The zero-order valence-electron chi connectivity index (χ0n) is 23.1. The number of hydrogen-bond acceptors (Lipinski definition) is 5. The third-order valence-electron chi connectivity index (χ3n) is 7.77. The summed E-state index contributed by atoms with van der Waals surface area (Å²) >= 11 is 0. The molecule has 206 valence electrons. The summed E-state index contributed by atoms with van der Waals surface area (Å²) in [6, 6.07) is 21.6. The monoisotopic (exact) mass is 529 g/mol. The zero-order valence-corrected chi connectivity index (χ0v) is 23.1. The summed E-state index contributed by atoms with van der Waals surface area (Å²) in [5.74, 6) is -0.372. The van der Waals surface area contributed by atoms with Crippen molar-refractivity contribution >= 4 is 5.91 Å². The molecule has 2 aliphatic rings. The highest BCUT2D eigenvalue weighted by Crippen LogP contribution is 2.26. The van der Waals surface area contributed by atoms with E-state index in [1.165, 1.54) is 11.6 Å². The first-order valence-corrected chi connectivity index (χ1v) is 14.0. The van der Waals surface area contributed by atoms with Crippen molar-refractivity contribution in [3.8, 4) is 11.1 Å². The van der Waals surface area contributed by atoms with Gasteiger partial charge >= 0.3 is 0 Å². The van der Waals surface area contributed by atoms with Gasteiger partial charge in [0.15, 0.2) is 0 Å². The molecule has 0 spiro atoms. The number of benzene rings is 3. The topological polar surface area (TPSA) is 50.9 Å². The number of hydrogen-bond donors (Lipinski definition) is 2. The van der Waals surface area contributed by atoms with E-state index in [2.05, 4.69) is 57.5 Å². The van der Waals surface area contributed by atoms with Crippen LogP contribution in [0.25, 0.3) is 11.1 Å². The summed E-state index contributed by atoms with van der Waals surface area (Å²) in [4.78, 5) is 20.2. The highest BCUT2D eigenvalue weighted by atomic mass is 19.1. The molecule has 0 saturated carbocycles. The first-order chi connectivity index (χ1) is 18.9. The molecule has 3 aromatic carbocycles. The molecule has 2 fully saturated rings. The van der Waals surface area contributed by atoms with Crippen LogP contribution in [0.3, 0.4) is 0 Å². The predicted octanol–water partition coefficient (Wildman–Crippen LogP) is 3.96. The fourth-order valence-corrected chi connectivity index (χ4v) is 5.51. The normalized spacial score (nSPS) is 19.2. The van der Waals surface area contributed by atoms with Crippen LogP contribution in [0.5, 0.6) is 0 Å². The number of nitrogens with one attached hydrogen (secondary N) is 2. The van der Waals surface area contributed by atoms with Gasteiger partial charge in [0.25, 0.3) is 5.91 Å². The number of carbonyl (C=O) groups is 1. The molecule has 2 saturated heterocycles. The number of nitrogens with zero attached hydrogens (tertiary/aromatic N) is 3.